The van der Waals surface area contributed by atoms with Gasteiger partial charge in [-0.15, -0.1) is 0 Å². The van der Waals surface area contributed by atoms with Crippen LogP contribution in [0.1, 0.15) is 20.3 Å². The third kappa shape index (κ3) is 3.98. The Morgan fingerprint density at radius 3 is 3.00 bits per heavy atom. The van der Waals surface area contributed by atoms with Crippen LogP contribution in [0.3, 0.4) is 0 Å². The van der Waals surface area contributed by atoms with Crippen molar-refractivity contribution in [2.75, 3.05) is 33.4 Å². The number of hydrogen-bond acceptors (Lipinski definition) is 3. The number of rotatable bonds is 5. The van der Waals surface area contributed by atoms with Crippen molar-refractivity contribution in [1.29, 1.82) is 0 Å². The van der Waals surface area contributed by atoms with Gasteiger partial charge in [0.25, 0.3) is 0 Å². The van der Waals surface area contributed by atoms with Crippen molar-refractivity contribution in [3.63, 3.8) is 0 Å². The summed E-state index contributed by atoms with van der Waals surface area (Å²) in [6.45, 7) is 7.05. The third-order valence-corrected chi connectivity index (χ3v) is 2.74. The van der Waals surface area contributed by atoms with Gasteiger partial charge in [0.05, 0.1) is 6.61 Å². The van der Waals surface area contributed by atoms with Crippen LogP contribution in [0.25, 0.3) is 0 Å². The van der Waals surface area contributed by atoms with Crippen LogP contribution < -0.4 is 10.6 Å². The molecule has 2 unspecified atom stereocenters. The maximum absolute atomic E-state index is 11.6. The van der Waals surface area contributed by atoms with Gasteiger partial charge in [0.1, 0.15) is 0 Å². The molecule has 1 heterocycles. The number of nitrogens with zero attached hydrogens (tertiary/aromatic N) is 1. The van der Waals surface area contributed by atoms with Gasteiger partial charge in [-0.3, -0.25) is 0 Å². The number of amides is 2. The summed E-state index contributed by atoms with van der Waals surface area (Å²) >= 11 is 0. The zero-order valence-corrected chi connectivity index (χ0v) is 10.5. The van der Waals surface area contributed by atoms with E-state index in [9.17, 15) is 4.79 Å². The first-order valence-corrected chi connectivity index (χ1v) is 5.95. The Morgan fingerprint density at radius 2 is 2.38 bits per heavy atom. The Hall–Kier alpha value is -0.810. The molecule has 0 aromatic rings. The van der Waals surface area contributed by atoms with Crippen molar-refractivity contribution in [2.24, 2.45) is 0 Å². The van der Waals surface area contributed by atoms with Gasteiger partial charge in [0.2, 0.25) is 0 Å². The van der Waals surface area contributed by atoms with E-state index in [0.717, 1.165) is 19.5 Å². The number of carbonyl (C=O) groups is 1. The van der Waals surface area contributed by atoms with E-state index in [2.05, 4.69) is 17.6 Å². The van der Waals surface area contributed by atoms with Crippen molar-refractivity contribution >= 4 is 6.03 Å². The zero-order valence-electron chi connectivity index (χ0n) is 10.5. The fourth-order valence-corrected chi connectivity index (χ4v) is 2.04. The van der Waals surface area contributed by atoms with Gasteiger partial charge in [-0.2, -0.15) is 0 Å². The molecule has 2 atom stereocenters. The maximum atomic E-state index is 11.6. The summed E-state index contributed by atoms with van der Waals surface area (Å²) in [6.07, 6.45) is 1.02. The molecule has 1 saturated heterocycles. The van der Waals surface area contributed by atoms with Crippen LogP contribution in [-0.4, -0.2) is 56.4 Å². The average Bonchev–Trinajstić information content (AvgIpc) is 2.67. The number of methoxy groups -OCH3 is 1. The molecular weight excluding hydrogens is 206 g/mol. The SMILES string of the molecule is CCNC(=O)N1CCC(NC(C)COC)C1. The highest BCUT2D eigenvalue weighted by molar-refractivity contribution is 5.74. The van der Waals surface area contributed by atoms with E-state index >= 15 is 0 Å². The van der Waals surface area contributed by atoms with Crippen LogP contribution in [0.2, 0.25) is 0 Å². The molecule has 5 nitrogen and oxygen atoms in total. The highest BCUT2D eigenvalue weighted by atomic mass is 16.5. The van der Waals surface area contributed by atoms with Gasteiger partial charge in [0.15, 0.2) is 0 Å². The lowest BCUT2D eigenvalue weighted by molar-refractivity contribution is 0.166. The van der Waals surface area contributed by atoms with Crippen LogP contribution in [0.5, 0.6) is 0 Å². The summed E-state index contributed by atoms with van der Waals surface area (Å²) in [5.41, 5.74) is 0. The smallest absolute Gasteiger partial charge is 0.317 e. The minimum Gasteiger partial charge on any atom is -0.383 e. The van der Waals surface area contributed by atoms with Crippen molar-refractivity contribution < 1.29 is 9.53 Å². The lowest BCUT2D eigenvalue weighted by Gasteiger charge is -2.20. The molecule has 2 amide bonds. The molecule has 94 valence electrons. The van der Waals surface area contributed by atoms with E-state index in [-0.39, 0.29) is 6.03 Å². The Kier molecular flexibility index (Phi) is 5.55. The predicted octanol–water partition coefficient (Wildman–Crippen LogP) is 0.415. The normalized spacial score (nSPS) is 22.2. The van der Waals surface area contributed by atoms with Crippen LogP contribution in [0.15, 0.2) is 0 Å². The van der Waals surface area contributed by atoms with Crippen molar-refractivity contribution in [3.8, 4) is 0 Å². The van der Waals surface area contributed by atoms with Gasteiger partial charge >= 0.3 is 6.03 Å². The molecule has 0 bridgehead atoms. The first kappa shape index (κ1) is 13.3. The van der Waals surface area contributed by atoms with Gasteiger partial charge in [-0.25, -0.2) is 4.79 Å². The zero-order chi connectivity index (χ0) is 12.0. The van der Waals surface area contributed by atoms with E-state index < -0.39 is 0 Å². The van der Waals surface area contributed by atoms with E-state index in [1.165, 1.54) is 0 Å². The summed E-state index contributed by atoms with van der Waals surface area (Å²) < 4.78 is 5.07. The number of ether oxygens (including phenoxy) is 1. The molecule has 0 saturated carbocycles. The topological polar surface area (TPSA) is 53.6 Å². The molecule has 0 spiro atoms. The van der Waals surface area contributed by atoms with E-state index in [1.807, 2.05) is 11.8 Å². The highest BCUT2D eigenvalue weighted by Gasteiger charge is 2.26. The number of carbonyl (C=O) groups excluding carboxylic acids is 1. The summed E-state index contributed by atoms with van der Waals surface area (Å²) in [6, 6.07) is 0.781. The summed E-state index contributed by atoms with van der Waals surface area (Å²) in [7, 11) is 1.70. The van der Waals surface area contributed by atoms with Crippen molar-refractivity contribution in [2.45, 2.75) is 32.4 Å². The Balaban J connectivity index is 2.26. The van der Waals surface area contributed by atoms with Gasteiger partial charge in [0, 0.05) is 38.8 Å². The van der Waals surface area contributed by atoms with Crippen LogP contribution >= 0.6 is 0 Å². The third-order valence-electron chi connectivity index (χ3n) is 2.74. The molecule has 1 aliphatic rings. The molecule has 0 aromatic carbocycles. The molecule has 5 heteroatoms. The molecule has 0 aliphatic carbocycles. The van der Waals surface area contributed by atoms with E-state index in [4.69, 9.17) is 4.74 Å². The molecule has 16 heavy (non-hydrogen) atoms. The number of likely N-dealkylation sites (tertiary alicyclic amines) is 1. The molecule has 2 N–H and O–H groups in total. The highest BCUT2D eigenvalue weighted by Crippen LogP contribution is 2.09. The van der Waals surface area contributed by atoms with Crippen LogP contribution in [0.4, 0.5) is 4.79 Å². The van der Waals surface area contributed by atoms with Crippen molar-refractivity contribution in [3.05, 3.63) is 0 Å². The summed E-state index contributed by atoms with van der Waals surface area (Å²) in [5.74, 6) is 0. The lowest BCUT2D eigenvalue weighted by Crippen LogP contribution is -2.43. The Morgan fingerprint density at radius 1 is 1.62 bits per heavy atom. The Bertz CT molecular complexity index is 223. The van der Waals surface area contributed by atoms with Crippen LogP contribution in [0, 0.1) is 0 Å². The van der Waals surface area contributed by atoms with Crippen LogP contribution in [-0.2, 0) is 4.74 Å². The molecule has 1 rings (SSSR count). The largest absolute Gasteiger partial charge is 0.383 e. The van der Waals surface area contributed by atoms with Gasteiger partial charge in [-0.1, -0.05) is 0 Å². The maximum Gasteiger partial charge on any atom is 0.317 e. The molecule has 1 aliphatic heterocycles. The van der Waals surface area contributed by atoms with Crippen molar-refractivity contribution in [1.82, 2.24) is 15.5 Å². The first-order chi connectivity index (χ1) is 7.67. The molecule has 0 radical (unpaired) electrons. The second-order valence-electron chi connectivity index (χ2n) is 4.29. The molecule has 1 fully saturated rings. The average molecular weight is 229 g/mol. The Labute approximate surface area is 97.5 Å². The second kappa shape index (κ2) is 6.70. The molecular formula is C11H23N3O2. The minimum atomic E-state index is 0.0474. The number of urea groups is 1. The number of hydrogen-bond donors (Lipinski definition) is 2. The summed E-state index contributed by atoms with van der Waals surface area (Å²) in [4.78, 5) is 13.4. The molecule has 0 aromatic heterocycles. The van der Waals surface area contributed by atoms with E-state index in [0.29, 0.717) is 25.2 Å². The predicted molar refractivity (Wildman–Crippen MR) is 63.5 cm³/mol. The van der Waals surface area contributed by atoms with Gasteiger partial charge in [-0.05, 0) is 20.3 Å². The fourth-order valence-electron chi connectivity index (χ4n) is 2.04. The minimum absolute atomic E-state index is 0.0474. The quantitative estimate of drug-likeness (QED) is 0.718. The lowest BCUT2D eigenvalue weighted by atomic mass is 10.2. The van der Waals surface area contributed by atoms with Gasteiger partial charge < -0.3 is 20.3 Å². The first-order valence-electron chi connectivity index (χ1n) is 5.95. The monoisotopic (exact) mass is 229 g/mol. The fraction of sp³-hybridized carbons (Fsp3) is 0.909. The number of nitrogens with one attached hydrogen (secondary N) is 2. The summed E-state index contributed by atoms with van der Waals surface area (Å²) in [5, 5.41) is 6.28. The standard InChI is InChI=1S/C11H23N3O2/c1-4-12-11(15)14-6-5-10(7-14)13-9(2)8-16-3/h9-10,13H,4-8H2,1-3H3,(H,12,15). The van der Waals surface area contributed by atoms with E-state index in [1.54, 1.807) is 7.11 Å². The second-order valence-corrected chi connectivity index (χ2v) is 4.29.